The van der Waals surface area contributed by atoms with Crippen molar-refractivity contribution in [3.05, 3.63) is 33.2 Å². The first-order chi connectivity index (χ1) is 10.8. The second-order valence-electron chi connectivity index (χ2n) is 6.05. The van der Waals surface area contributed by atoms with Crippen molar-refractivity contribution in [3.63, 3.8) is 0 Å². The lowest BCUT2D eigenvalue weighted by atomic mass is 10.1. The summed E-state index contributed by atoms with van der Waals surface area (Å²) in [6.45, 7) is -0.243. The van der Waals surface area contributed by atoms with Crippen LogP contribution in [-0.4, -0.2) is 59.6 Å². The van der Waals surface area contributed by atoms with Crippen molar-refractivity contribution in [1.29, 1.82) is 0 Å². The number of aromatic nitrogens is 1. The summed E-state index contributed by atoms with van der Waals surface area (Å²) in [5.41, 5.74) is 1.56. The number of carbonyl (C=O) groups is 1. The third kappa shape index (κ3) is 3.57. The van der Waals surface area contributed by atoms with Crippen LogP contribution in [-0.2, 0) is 12.8 Å². The number of H-pyrrole nitrogens is 1. The average Bonchev–Trinajstić information content (AvgIpc) is 2.92. The van der Waals surface area contributed by atoms with Gasteiger partial charge in [-0.25, -0.2) is 0 Å². The molecule has 3 rings (SSSR count). The van der Waals surface area contributed by atoms with Crippen LogP contribution in [0.15, 0.2) is 10.9 Å². The van der Waals surface area contributed by atoms with Gasteiger partial charge < -0.3 is 9.88 Å². The molecule has 0 spiro atoms. The van der Waals surface area contributed by atoms with E-state index in [1.54, 1.807) is 6.07 Å². The van der Waals surface area contributed by atoms with E-state index in [0.717, 1.165) is 30.5 Å². The number of rotatable bonds is 2. The van der Waals surface area contributed by atoms with Crippen molar-refractivity contribution in [2.24, 2.45) is 0 Å². The number of pyridine rings is 1. The molecular formula is C15H18F3N3O2. The molecule has 126 valence electrons. The number of piperazine rings is 1. The molecule has 1 fully saturated rings. The highest BCUT2D eigenvalue weighted by Gasteiger charge is 2.33. The van der Waals surface area contributed by atoms with E-state index in [2.05, 4.69) is 4.98 Å². The van der Waals surface area contributed by atoms with Crippen molar-refractivity contribution in [3.8, 4) is 0 Å². The van der Waals surface area contributed by atoms with Crippen LogP contribution in [0.4, 0.5) is 13.2 Å². The zero-order valence-electron chi connectivity index (χ0n) is 12.6. The van der Waals surface area contributed by atoms with Gasteiger partial charge in [0.25, 0.3) is 11.5 Å². The lowest BCUT2D eigenvalue weighted by Crippen LogP contribution is -2.51. The molecule has 0 unspecified atom stereocenters. The maximum absolute atomic E-state index is 12.5. The Labute approximate surface area is 131 Å². The number of hydrogen-bond donors (Lipinski definition) is 1. The third-order valence-electron chi connectivity index (χ3n) is 4.38. The van der Waals surface area contributed by atoms with Gasteiger partial charge in [-0.1, -0.05) is 0 Å². The number of fused-ring (bicyclic) bond motifs is 1. The predicted molar refractivity (Wildman–Crippen MR) is 77.5 cm³/mol. The maximum atomic E-state index is 12.5. The van der Waals surface area contributed by atoms with Crippen molar-refractivity contribution >= 4 is 5.91 Å². The molecule has 1 aliphatic carbocycles. The van der Waals surface area contributed by atoms with Gasteiger partial charge >= 0.3 is 6.18 Å². The number of nitrogens with zero attached hydrogens (tertiary/aromatic N) is 2. The number of halogens is 3. The molecule has 8 heteroatoms. The van der Waals surface area contributed by atoms with Crippen LogP contribution in [0.1, 0.15) is 28.0 Å². The van der Waals surface area contributed by atoms with Crippen LogP contribution in [0.25, 0.3) is 0 Å². The van der Waals surface area contributed by atoms with Gasteiger partial charge in [-0.05, 0) is 30.9 Å². The van der Waals surface area contributed by atoms with Gasteiger partial charge in [0.15, 0.2) is 0 Å². The fraction of sp³-hybridized carbons (Fsp3) is 0.600. The summed E-state index contributed by atoms with van der Waals surface area (Å²) in [4.78, 5) is 30.0. The van der Waals surface area contributed by atoms with E-state index in [0.29, 0.717) is 0 Å². The highest BCUT2D eigenvalue weighted by molar-refractivity contribution is 5.94. The van der Waals surface area contributed by atoms with E-state index in [1.807, 2.05) is 0 Å². The fourth-order valence-corrected chi connectivity index (χ4v) is 3.21. The predicted octanol–water partition coefficient (Wildman–Crippen LogP) is 1.18. The van der Waals surface area contributed by atoms with Gasteiger partial charge in [0.1, 0.15) is 5.56 Å². The van der Waals surface area contributed by atoms with Gasteiger partial charge in [0.05, 0.1) is 6.54 Å². The molecule has 5 nitrogen and oxygen atoms in total. The molecule has 2 aliphatic rings. The Hall–Kier alpha value is -1.83. The Kier molecular flexibility index (Phi) is 4.18. The first-order valence-corrected chi connectivity index (χ1v) is 7.67. The van der Waals surface area contributed by atoms with Gasteiger partial charge in [-0.3, -0.25) is 14.5 Å². The molecule has 1 aromatic rings. The van der Waals surface area contributed by atoms with Gasteiger partial charge in [0, 0.05) is 31.9 Å². The van der Waals surface area contributed by atoms with E-state index in [4.69, 9.17) is 0 Å². The van der Waals surface area contributed by atoms with Crippen LogP contribution < -0.4 is 5.56 Å². The summed E-state index contributed by atoms with van der Waals surface area (Å²) in [7, 11) is 0. The van der Waals surface area contributed by atoms with Gasteiger partial charge in [-0.15, -0.1) is 0 Å². The van der Waals surface area contributed by atoms with Gasteiger partial charge in [0.2, 0.25) is 0 Å². The maximum Gasteiger partial charge on any atom is 0.401 e. The smallest absolute Gasteiger partial charge is 0.336 e. The number of amides is 1. The minimum atomic E-state index is -4.23. The normalized spacial score (nSPS) is 19.0. The lowest BCUT2D eigenvalue weighted by molar-refractivity contribution is -0.148. The Bertz CT molecular complexity index is 661. The van der Waals surface area contributed by atoms with Crippen molar-refractivity contribution in [1.82, 2.24) is 14.8 Å². The second-order valence-corrected chi connectivity index (χ2v) is 6.05. The Balaban J connectivity index is 1.67. The van der Waals surface area contributed by atoms with Gasteiger partial charge in [-0.2, -0.15) is 13.2 Å². The quantitative estimate of drug-likeness (QED) is 0.887. The molecule has 1 aliphatic heterocycles. The summed E-state index contributed by atoms with van der Waals surface area (Å²) in [5.74, 6) is -0.396. The number of alkyl halides is 3. The van der Waals surface area contributed by atoms with E-state index >= 15 is 0 Å². The number of aryl methyl sites for hydroxylation is 2. The molecule has 1 saturated heterocycles. The Morgan fingerprint density at radius 3 is 2.52 bits per heavy atom. The van der Waals surface area contributed by atoms with E-state index in [-0.39, 0.29) is 31.7 Å². The van der Waals surface area contributed by atoms with Crippen LogP contribution >= 0.6 is 0 Å². The van der Waals surface area contributed by atoms with Crippen LogP contribution in [0.5, 0.6) is 0 Å². The molecule has 1 N–H and O–H groups in total. The van der Waals surface area contributed by atoms with E-state index in [9.17, 15) is 22.8 Å². The fourth-order valence-electron chi connectivity index (χ4n) is 3.21. The minimum Gasteiger partial charge on any atom is -0.336 e. The first-order valence-electron chi connectivity index (χ1n) is 7.67. The molecule has 2 heterocycles. The highest BCUT2D eigenvalue weighted by Crippen LogP contribution is 2.20. The van der Waals surface area contributed by atoms with Crippen LogP contribution in [0, 0.1) is 0 Å². The third-order valence-corrected chi connectivity index (χ3v) is 4.38. The number of carbonyl (C=O) groups excluding carboxylic acids is 1. The summed E-state index contributed by atoms with van der Waals surface area (Å²) < 4.78 is 37.1. The molecule has 0 saturated carbocycles. The monoisotopic (exact) mass is 329 g/mol. The van der Waals surface area contributed by atoms with Crippen molar-refractivity contribution < 1.29 is 18.0 Å². The highest BCUT2D eigenvalue weighted by atomic mass is 19.4. The molecular weight excluding hydrogens is 311 g/mol. The standard InChI is InChI=1S/C15H18F3N3O2/c16-15(17,18)9-20-4-6-21(7-5-20)14(23)11-8-10-2-1-3-12(10)19-13(11)22/h8H,1-7,9H2,(H,19,22). The number of aromatic amines is 1. The molecule has 0 radical (unpaired) electrons. The van der Waals surface area contributed by atoms with Crippen molar-refractivity contribution in [2.45, 2.75) is 25.4 Å². The molecule has 1 aromatic heterocycles. The second kappa shape index (κ2) is 5.99. The largest absolute Gasteiger partial charge is 0.401 e. The summed E-state index contributed by atoms with van der Waals surface area (Å²) in [6.07, 6.45) is -1.62. The zero-order chi connectivity index (χ0) is 16.6. The molecule has 0 atom stereocenters. The lowest BCUT2D eigenvalue weighted by Gasteiger charge is -2.34. The summed E-state index contributed by atoms with van der Waals surface area (Å²) >= 11 is 0. The minimum absolute atomic E-state index is 0.0925. The average molecular weight is 329 g/mol. The van der Waals surface area contributed by atoms with Crippen molar-refractivity contribution in [2.75, 3.05) is 32.7 Å². The number of hydrogen-bond acceptors (Lipinski definition) is 3. The molecule has 23 heavy (non-hydrogen) atoms. The van der Waals surface area contributed by atoms with Crippen LogP contribution in [0.3, 0.4) is 0 Å². The van der Waals surface area contributed by atoms with E-state index in [1.165, 1.54) is 9.80 Å². The summed E-state index contributed by atoms with van der Waals surface area (Å²) in [5, 5.41) is 0. The zero-order valence-corrected chi connectivity index (χ0v) is 12.6. The topological polar surface area (TPSA) is 56.4 Å². The Morgan fingerprint density at radius 2 is 1.87 bits per heavy atom. The Morgan fingerprint density at radius 1 is 1.17 bits per heavy atom. The van der Waals surface area contributed by atoms with Crippen LogP contribution in [0.2, 0.25) is 0 Å². The molecule has 0 aromatic carbocycles. The van der Waals surface area contributed by atoms with E-state index < -0.39 is 24.2 Å². The molecule has 1 amide bonds. The molecule has 0 bridgehead atoms. The summed E-state index contributed by atoms with van der Waals surface area (Å²) in [6, 6.07) is 1.64. The number of nitrogens with one attached hydrogen (secondary N) is 1. The first kappa shape index (κ1) is 16.0. The SMILES string of the molecule is O=C(c1cc2c([nH]c1=O)CCC2)N1CCN(CC(F)(F)F)CC1.